The number of rotatable bonds is 6. The Kier molecular flexibility index (Phi) is 5.34. The molecular weight excluding hydrogens is 330 g/mol. The van der Waals surface area contributed by atoms with E-state index in [-0.39, 0.29) is 5.91 Å². The van der Waals surface area contributed by atoms with Crippen molar-refractivity contribution in [3.63, 3.8) is 0 Å². The Morgan fingerprint density at radius 3 is 2.50 bits per heavy atom. The molecule has 0 aliphatic carbocycles. The number of nitrogens with zero attached hydrogens (tertiary/aromatic N) is 2. The third-order valence-corrected chi connectivity index (χ3v) is 3.83. The van der Waals surface area contributed by atoms with Gasteiger partial charge in [-0.25, -0.2) is 5.43 Å². The molecular formula is C20H19N3O3. The molecule has 0 fully saturated rings. The van der Waals surface area contributed by atoms with Gasteiger partial charge in [-0.2, -0.15) is 5.10 Å². The molecule has 0 bridgehead atoms. The summed E-state index contributed by atoms with van der Waals surface area (Å²) in [6.07, 6.45) is 5.30. The second-order valence-electron chi connectivity index (χ2n) is 5.39. The summed E-state index contributed by atoms with van der Waals surface area (Å²) in [6, 6.07) is 16.6. The first-order chi connectivity index (χ1) is 12.7. The molecule has 6 heteroatoms. The van der Waals surface area contributed by atoms with Crippen LogP contribution >= 0.6 is 0 Å². The molecule has 0 spiro atoms. The van der Waals surface area contributed by atoms with Crippen LogP contribution in [0.4, 0.5) is 0 Å². The van der Waals surface area contributed by atoms with E-state index >= 15 is 0 Å². The monoisotopic (exact) mass is 349 g/mol. The summed E-state index contributed by atoms with van der Waals surface area (Å²) in [5.41, 5.74) is 4.57. The Balaban J connectivity index is 1.80. The van der Waals surface area contributed by atoms with Crippen molar-refractivity contribution in [2.75, 3.05) is 14.2 Å². The van der Waals surface area contributed by atoms with E-state index in [4.69, 9.17) is 9.47 Å². The highest BCUT2D eigenvalue weighted by Gasteiger charge is 2.11. The number of amides is 1. The fourth-order valence-corrected chi connectivity index (χ4v) is 2.62. The Labute approximate surface area is 151 Å². The Morgan fingerprint density at radius 2 is 1.77 bits per heavy atom. The summed E-state index contributed by atoms with van der Waals surface area (Å²) in [5.74, 6) is 0.855. The SMILES string of the molecule is COc1cccc(/C=N\NC(=O)c2ccccc2-n2cccc2)c1OC. The van der Waals surface area contributed by atoms with E-state index < -0.39 is 0 Å². The van der Waals surface area contributed by atoms with E-state index in [2.05, 4.69) is 10.5 Å². The molecule has 3 aromatic rings. The zero-order valence-corrected chi connectivity index (χ0v) is 14.5. The molecule has 6 nitrogen and oxygen atoms in total. The largest absolute Gasteiger partial charge is 0.493 e. The van der Waals surface area contributed by atoms with Gasteiger partial charge >= 0.3 is 0 Å². The number of nitrogens with one attached hydrogen (secondary N) is 1. The number of aromatic nitrogens is 1. The summed E-state index contributed by atoms with van der Waals surface area (Å²) < 4.78 is 12.5. The summed E-state index contributed by atoms with van der Waals surface area (Å²) in [7, 11) is 3.12. The molecule has 0 unspecified atom stereocenters. The quantitative estimate of drug-likeness (QED) is 0.549. The summed E-state index contributed by atoms with van der Waals surface area (Å²) in [5, 5.41) is 4.06. The second-order valence-corrected chi connectivity index (χ2v) is 5.39. The number of hydrazone groups is 1. The van der Waals surface area contributed by atoms with Gasteiger partial charge in [0.05, 0.1) is 31.7 Å². The van der Waals surface area contributed by atoms with Crippen molar-refractivity contribution in [2.24, 2.45) is 5.10 Å². The van der Waals surface area contributed by atoms with Gasteiger partial charge in [0.15, 0.2) is 11.5 Å². The van der Waals surface area contributed by atoms with Gasteiger partial charge in [-0.05, 0) is 36.4 Å². The topological polar surface area (TPSA) is 64.8 Å². The van der Waals surface area contributed by atoms with Crippen LogP contribution in [0.1, 0.15) is 15.9 Å². The van der Waals surface area contributed by atoms with E-state index in [0.29, 0.717) is 22.6 Å². The smallest absolute Gasteiger partial charge is 0.273 e. The fraction of sp³-hybridized carbons (Fsp3) is 0.100. The number of hydrogen-bond acceptors (Lipinski definition) is 4. The molecule has 1 aromatic heterocycles. The number of benzene rings is 2. The molecule has 0 saturated heterocycles. The van der Waals surface area contributed by atoms with Crippen LogP contribution < -0.4 is 14.9 Å². The van der Waals surface area contributed by atoms with Gasteiger partial charge in [0.25, 0.3) is 5.91 Å². The van der Waals surface area contributed by atoms with Gasteiger partial charge in [0.2, 0.25) is 0 Å². The lowest BCUT2D eigenvalue weighted by molar-refractivity contribution is 0.0955. The van der Waals surface area contributed by atoms with E-state index in [1.54, 1.807) is 26.4 Å². The Bertz CT molecular complexity index is 918. The highest BCUT2D eigenvalue weighted by atomic mass is 16.5. The third kappa shape index (κ3) is 3.59. The maximum Gasteiger partial charge on any atom is 0.273 e. The maximum atomic E-state index is 12.5. The van der Waals surface area contributed by atoms with Crippen molar-refractivity contribution in [3.05, 3.63) is 78.1 Å². The minimum Gasteiger partial charge on any atom is -0.493 e. The summed E-state index contributed by atoms with van der Waals surface area (Å²) in [6.45, 7) is 0. The first kappa shape index (κ1) is 17.3. The third-order valence-electron chi connectivity index (χ3n) is 3.83. The van der Waals surface area contributed by atoms with Crippen molar-refractivity contribution in [2.45, 2.75) is 0 Å². The van der Waals surface area contributed by atoms with Crippen LogP contribution in [0.15, 0.2) is 72.1 Å². The van der Waals surface area contributed by atoms with Gasteiger partial charge in [-0.3, -0.25) is 4.79 Å². The number of carbonyl (C=O) groups is 1. The normalized spacial score (nSPS) is 10.7. The van der Waals surface area contributed by atoms with E-state index in [0.717, 1.165) is 5.69 Å². The molecule has 26 heavy (non-hydrogen) atoms. The maximum absolute atomic E-state index is 12.5. The minimum absolute atomic E-state index is 0.299. The van der Waals surface area contributed by atoms with Crippen molar-refractivity contribution in [3.8, 4) is 17.2 Å². The van der Waals surface area contributed by atoms with Crippen LogP contribution in [0.25, 0.3) is 5.69 Å². The van der Waals surface area contributed by atoms with Crippen LogP contribution in [0.2, 0.25) is 0 Å². The Hall–Kier alpha value is -3.54. The van der Waals surface area contributed by atoms with Crippen LogP contribution in [0.5, 0.6) is 11.5 Å². The predicted molar refractivity (Wildman–Crippen MR) is 100 cm³/mol. The molecule has 0 radical (unpaired) electrons. The zero-order valence-electron chi connectivity index (χ0n) is 14.5. The minimum atomic E-state index is -0.299. The molecule has 0 aliphatic heterocycles. The van der Waals surface area contributed by atoms with Crippen LogP contribution in [-0.4, -0.2) is 30.9 Å². The number of carbonyl (C=O) groups excluding carboxylic acids is 1. The van der Waals surface area contributed by atoms with Crippen molar-refractivity contribution in [1.82, 2.24) is 9.99 Å². The van der Waals surface area contributed by atoms with E-state index in [1.165, 1.54) is 6.21 Å². The van der Waals surface area contributed by atoms with Gasteiger partial charge in [-0.15, -0.1) is 0 Å². The molecule has 1 amide bonds. The average molecular weight is 349 g/mol. The standard InChI is InChI=1S/C20H19N3O3/c1-25-18-11-7-8-15(19(18)26-2)14-21-22-20(24)16-9-3-4-10-17(16)23-12-5-6-13-23/h3-14H,1-2H3,(H,22,24)/b21-14-. The number of methoxy groups -OCH3 is 2. The van der Waals surface area contributed by atoms with E-state index in [1.807, 2.05) is 59.4 Å². The first-order valence-corrected chi connectivity index (χ1v) is 8.01. The van der Waals surface area contributed by atoms with Crippen molar-refractivity contribution in [1.29, 1.82) is 0 Å². The number of hydrogen-bond donors (Lipinski definition) is 1. The lowest BCUT2D eigenvalue weighted by atomic mass is 10.1. The lowest BCUT2D eigenvalue weighted by Crippen LogP contribution is -2.19. The molecule has 0 aliphatic rings. The molecule has 0 atom stereocenters. The molecule has 132 valence electrons. The van der Waals surface area contributed by atoms with Crippen molar-refractivity contribution < 1.29 is 14.3 Å². The van der Waals surface area contributed by atoms with Crippen molar-refractivity contribution >= 4 is 12.1 Å². The molecule has 1 N–H and O–H groups in total. The predicted octanol–water partition coefficient (Wildman–Crippen LogP) is 3.26. The van der Waals surface area contributed by atoms with Gasteiger partial charge in [0.1, 0.15) is 0 Å². The molecule has 1 heterocycles. The summed E-state index contributed by atoms with van der Waals surface area (Å²) >= 11 is 0. The van der Waals surface area contributed by atoms with Crippen LogP contribution in [-0.2, 0) is 0 Å². The van der Waals surface area contributed by atoms with E-state index in [9.17, 15) is 4.79 Å². The molecule has 3 rings (SSSR count). The van der Waals surface area contributed by atoms with Gasteiger partial charge < -0.3 is 14.0 Å². The number of para-hydroxylation sites is 2. The highest BCUT2D eigenvalue weighted by molar-refractivity contribution is 5.98. The fourth-order valence-electron chi connectivity index (χ4n) is 2.62. The summed E-state index contributed by atoms with van der Waals surface area (Å²) in [4.78, 5) is 12.5. The van der Waals surface area contributed by atoms with Gasteiger partial charge in [-0.1, -0.05) is 18.2 Å². The number of ether oxygens (including phenoxy) is 2. The van der Waals surface area contributed by atoms with Crippen LogP contribution in [0, 0.1) is 0 Å². The first-order valence-electron chi connectivity index (χ1n) is 8.01. The van der Waals surface area contributed by atoms with Crippen LogP contribution in [0.3, 0.4) is 0 Å². The molecule has 0 saturated carbocycles. The Morgan fingerprint density at radius 1 is 1.00 bits per heavy atom. The zero-order chi connectivity index (χ0) is 18.4. The molecule has 2 aromatic carbocycles. The van der Waals surface area contributed by atoms with Gasteiger partial charge in [0, 0.05) is 18.0 Å². The lowest BCUT2D eigenvalue weighted by Gasteiger charge is -2.10. The highest BCUT2D eigenvalue weighted by Crippen LogP contribution is 2.29. The second kappa shape index (κ2) is 8.02. The average Bonchev–Trinajstić information content (AvgIpc) is 3.22.